The van der Waals surface area contributed by atoms with E-state index in [0.29, 0.717) is 42.8 Å². The summed E-state index contributed by atoms with van der Waals surface area (Å²) in [6.45, 7) is -1.11. The first-order valence-electron chi connectivity index (χ1n) is 16.4. The number of nitrogen functional groups attached to an aromatic ring is 1. The summed E-state index contributed by atoms with van der Waals surface area (Å²) in [6, 6.07) is 5.44. The fraction of sp³-hybridized carbons (Fsp3) is 0.441. The zero-order valence-electron chi connectivity index (χ0n) is 26.4. The predicted molar refractivity (Wildman–Crippen MR) is 169 cm³/mol. The van der Waals surface area contributed by atoms with Crippen LogP contribution in [0.15, 0.2) is 30.5 Å². The van der Waals surface area contributed by atoms with Crippen molar-refractivity contribution in [1.82, 2.24) is 19.9 Å². The van der Waals surface area contributed by atoms with E-state index in [1.807, 2.05) is 4.90 Å². The molecule has 8 rings (SSSR count). The molecule has 0 bridgehead atoms. The minimum Gasteiger partial charge on any atom is -0.461 e. The third-order valence-electron chi connectivity index (χ3n) is 9.92. The van der Waals surface area contributed by atoms with E-state index in [1.54, 1.807) is 11.0 Å². The summed E-state index contributed by atoms with van der Waals surface area (Å²) >= 11 is 6.72. The van der Waals surface area contributed by atoms with E-state index in [9.17, 15) is 8.78 Å². The van der Waals surface area contributed by atoms with Crippen LogP contribution >= 0.6 is 11.6 Å². The molecule has 5 atom stereocenters. The molecule has 0 spiro atoms. The van der Waals surface area contributed by atoms with Gasteiger partial charge in [0, 0.05) is 42.3 Å². The van der Waals surface area contributed by atoms with Gasteiger partial charge in [0.2, 0.25) is 0 Å². The first-order chi connectivity index (χ1) is 22.5. The van der Waals surface area contributed by atoms with Crippen LogP contribution < -0.4 is 15.4 Å². The molecular formula is C34H32ClF3N6O. The van der Waals surface area contributed by atoms with Crippen molar-refractivity contribution in [3.05, 3.63) is 47.7 Å². The number of hydrogen-bond donors (Lipinski definition) is 1. The van der Waals surface area contributed by atoms with Gasteiger partial charge in [0.1, 0.15) is 35.6 Å². The van der Waals surface area contributed by atoms with Crippen molar-refractivity contribution in [1.29, 1.82) is 0 Å². The van der Waals surface area contributed by atoms with Crippen LogP contribution in [0.4, 0.5) is 24.7 Å². The van der Waals surface area contributed by atoms with Gasteiger partial charge in [-0.3, -0.25) is 9.88 Å². The number of nitrogens with zero attached hydrogens (tertiary/aromatic N) is 5. The maximum Gasteiger partial charge on any atom is 0.319 e. The summed E-state index contributed by atoms with van der Waals surface area (Å²) in [7, 11) is 0. The van der Waals surface area contributed by atoms with E-state index >= 15 is 4.39 Å². The Bertz CT molecular complexity index is 1990. The Morgan fingerprint density at radius 3 is 2.91 bits per heavy atom. The summed E-state index contributed by atoms with van der Waals surface area (Å²) in [5.41, 5.74) is 5.09. The van der Waals surface area contributed by atoms with Crippen LogP contribution in [0.2, 0.25) is 0 Å². The molecule has 3 aliphatic heterocycles. The predicted octanol–water partition coefficient (Wildman–Crippen LogP) is 6.24. The maximum absolute atomic E-state index is 17.0. The molecule has 2 aromatic heterocycles. The minimum atomic E-state index is -2.39. The summed E-state index contributed by atoms with van der Waals surface area (Å²) in [4.78, 5) is 17.5. The molecule has 1 saturated carbocycles. The van der Waals surface area contributed by atoms with Crippen LogP contribution in [0.1, 0.15) is 46.8 Å². The molecule has 45 heavy (non-hydrogen) atoms. The highest BCUT2D eigenvalue weighted by atomic mass is 35.5. The number of terminal acetylenes is 1. The zero-order valence-corrected chi connectivity index (χ0v) is 25.1. The number of pyridine rings is 1. The van der Waals surface area contributed by atoms with Crippen molar-refractivity contribution in [3.63, 3.8) is 0 Å². The van der Waals surface area contributed by atoms with Crippen molar-refractivity contribution >= 4 is 44.8 Å². The summed E-state index contributed by atoms with van der Waals surface area (Å²) in [5.74, 6) is 1.44. The monoisotopic (exact) mass is 634 g/mol. The van der Waals surface area contributed by atoms with Gasteiger partial charge >= 0.3 is 6.01 Å². The van der Waals surface area contributed by atoms with E-state index in [0.717, 1.165) is 19.3 Å². The molecule has 4 aliphatic rings. The van der Waals surface area contributed by atoms with Gasteiger partial charge in [-0.25, -0.2) is 13.2 Å². The van der Waals surface area contributed by atoms with Crippen LogP contribution in [-0.4, -0.2) is 69.2 Å². The zero-order chi connectivity index (χ0) is 32.8. The Kier molecular flexibility index (Phi) is 6.24. The molecule has 5 heterocycles. The lowest BCUT2D eigenvalue weighted by Crippen LogP contribution is -2.43. The average Bonchev–Trinajstić information content (AvgIpc) is 3.39. The fourth-order valence-electron chi connectivity index (χ4n) is 7.77. The Morgan fingerprint density at radius 1 is 1.20 bits per heavy atom. The van der Waals surface area contributed by atoms with Crippen molar-refractivity contribution in [2.45, 2.75) is 61.7 Å². The number of rotatable bonds is 5. The molecule has 0 unspecified atom stereocenters. The topological polar surface area (TPSA) is 80.4 Å². The smallest absolute Gasteiger partial charge is 0.319 e. The van der Waals surface area contributed by atoms with Gasteiger partial charge in [-0.1, -0.05) is 18.4 Å². The third kappa shape index (κ3) is 4.58. The second-order valence-electron chi connectivity index (χ2n) is 12.6. The van der Waals surface area contributed by atoms with E-state index in [-0.39, 0.29) is 69.4 Å². The number of aromatic nitrogens is 3. The number of halogens is 4. The largest absolute Gasteiger partial charge is 0.461 e. The number of benzene rings is 2. The van der Waals surface area contributed by atoms with Crippen LogP contribution in [-0.2, 0) is 0 Å². The normalized spacial score (nSPS) is 28.7. The van der Waals surface area contributed by atoms with Gasteiger partial charge in [-0.15, -0.1) is 18.0 Å². The van der Waals surface area contributed by atoms with Gasteiger partial charge in [-0.05, 0) is 61.7 Å². The molecule has 0 amide bonds. The Balaban J connectivity index is 1.32. The first kappa shape index (κ1) is 26.4. The highest BCUT2D eigenvalue weighted by Crippen LogP contribution is 2.49. The molecule has 2 aromatic carbocycles. The Labute approximate surface area is 266 Å². The lowest BCUT2D eigenvalue weighted by Gasteiger charge is -2.31. The standard InChI is InChI=1S/C34H32ClF3N6O/c1-2-21-25(37)8-7-18-12-20(39)13-23(26(18)21)29-28(38)30-24(15-40-29)32(44-11-4-3-6-22-27(35)31(22)44)42-33(41-30)45-17-34-9-5-10-43(34)16-19(36)14-34/h1,7-8,12-13,15,19,22,27,31H,3-6,9-11,14,16-17,39H2/t19-,22+,27-,31+,34+/m1/s1/i17D2. The first-order valence-corrected chi connectivity index (χ1v) is 15.8. The quantitative estimate of drug-likeness (QED) is 0.158. The van der Waals surface area contributed by atoms with Crippen molar-refractivity contribution in [3.8, 4) is 29.6 Å². The second kappa shape index (κ2) is 10.6. The van der Waals surface area contributed by atoms with Crippen molar-refractivity contribution < 1.29 is 20.6 Å². The molecule has 1 aliphatic carbocycles. The van der Waals surface area contributed by atoms with Gasteiger partial charge in [0.05, 0.1) is 30.6 Å². The third-order valence-corrected chi connectivity index (χ3v) is 10.5. The minimum absolute atomic E-state index is 0.0246. The molecule has 4 aromatic rings. The molecule has 232 valence electrons. The number of ether oxygens (including phenoxy) is 1. The SMILES string of the molecule is [2H]C([2H])(Oc1nc(N2CCCC[C@H]3[C@@H](Cl)[C@H]32)c2cnc(-c3cc(N)cc4ccc(F)c(C#C)c34)c(F)c2n1)[C@@]12CCCN1C[C@H](F)C2. The molecule has 11 heteroatoms. The van der Waals surface area contributed by atoms with Gasteiger partial charge in [-0.2, -0.15) is 9.97 Å². The van der Waals surface area contributed by atoms with E-state index < -0.39 is 29.9 Å². The Morgan fingerprint density at radius 2 is 2.07 bits per heavy atom. The van der Waals surface area contributed by atoms with Crippen LogP contribution in [0, 0.1) is 29.9 Å². The maximum atomic E-state index is 17.0. The number of anilines is 2. The lowest BCUT2D eigenvalue weighted by molar-refractivity contribution is 0.107. The van der Waals surface area contributed by atoms with Gasteiger partial charge in [0.25, 0.3) is 0 Å². The Hall–Kier alpha value is -3.81. The average molecular weight is 635 g/mol. The summed E-state index contributed by atoms with van der Waals surface area (Å²) in [6.07, 6.45) is 9.84. The van der Waals surface area contributed by atoms with Crippen molar-refractivity contribution in [2.24, 2.45) is 5.92 Å². The van der Waals surface area contributed by atoms with Crippen LogP contribution in [0.25, 0.3) is 32.9 Å². The molecule has 4 fully saturated rings. The second-order valence-corrected chi connectivity index (χ2v) is 13.1. The van der Waals surface area contributed by atoms with Crippen molar-refractivity contribution in [2.75, 3.05) is 36.8 Å². The summed E-state index contributed by atoms with van der Waals surface area (Å²) < 4.78 is 70.6. The molecule has 2 N–H and O–H groups in total. The number of fused-ring (bicyclic) bond motifs is 4. The van der Waals surface area contributed by atoms with Gasteiger partial charge in [0.15, 0.2) is 5.82 Å². The van der Waals surface area contributed by atoms with Gasteiger partial charge < -0.3 is 15.4 Å². The molecule has 7 nitrogen and oxygen atoms in total. The van der Waals surface area contributed by atoms with Crippen LogP contribution in [0.5, 0.6) is 6.01 Å². The highest BCUT2D eigenvalue weighted by molar-refractivity contribution is 6.24. The fourth-order valence-corrected chi connectivity index (χ4v) is 8.29. The molecule has 3 saturated heterocycles. The van der Waals surface area contributed by atoms with E-state index in [4.69, 9.17) is 31.2 Å². The number of alkyl halides is 2. The molecular weight excluding hydrogens is 601 g/mol. The van der Waals surface area contributed by atoms with E-state index in [2.05, 4.69) is 20.9 Å². The van der Waals surface area contributed by atoms with Crippen LogP contribution in [0.3, 0.4) is 0 Å². The number of nitrogens with two attached hydrogens (primary N) is 1. The number of hydrogen-bond acceptors (Lipinski definition) is 7. The summed E-state index contributed by atoms with van der Waals surface area (Å²) in [5, 5.41) is 0.958. The van der Waals surface area contributed by atoms with E-state index in [1.165, 1.54) is 24.4 Å². The molecule has 0 radical (unpaired) electrons. The highest BCUT2D eigenvalue weighted by Gasteiger charge is 2.54. The lowest BCUT2D eigenvalue weighted by atomic mass is 9.95.